The first kappa shape index (κ1) is 82.2. The molecule has 9 heteroatoms. The number of nitrogens with zero attached hydrogens (tertiary/aromatic N) is 1. The standard InChI is InChI=1S/C75H143N2O6P/c1-6-8-10-12-14-16-18-20-22-24-26-28-30-32-34-35-36-37-38-39-40-41-43-45-47-49-51-53-55-57-59-61-63-65-67-69-75(79)76-73(72-83-84(80,81)82-71-70-77(3,4)5)74(78)68-66-64-62-60-58-56-54-52-50-48-46-44-42-33-31-29-27-25-23-21-19-17-15-13-11-9-7-2/h8,10,14,16,20,22,26,28,66,68,73-74,78H,6-7,9,11-13,15,17-19,21,23-25,27,29-65,67,69-72H2,1-5H3,(H-,76,79,80,81)/p+1/b10-8-,16-14-,22-20-,28-26-,68-66+. The van der Waals surface area contributed by atoms with Crippen molar-refractivity contribution in [3.8, 4) is 0 Å². The van der Waals surface area contributed by atoms with Crippen LogP contribution in [0.25, 0.3) is 0 Å². The van der Waals surface area contributed by atoms with Crippen LogP contribution in [0.2, 0.25) is 0 Å². The molecular weight excluding hydrogens is 1060 g/mol. The number of phosphoric acid groups is 1. The Morgan fingerprint density at radius 3 is 1.05 bits per heavy atom. The van der Waals surface area contributed by atoms with Gasteiger partial charge in [-0.15, -0.1) is 0 Å². The zero-order valence-corrected chi connectivity index (χ0v) is 57.5. The minimum absolute atomic E-state index is 0.0628. The Labute approximate surface area is 523 Å². The number of nitrogens with one attached hydrogen (secondary N) is 1. The molecule has 3 unspecified atom stereocenters. The summed E-state index contributed by atoms with van der Waals surface area (Å²) >= 11 is 0. The van der Waals surface area contributed by atoms with Crippen LogP contribution in [-0.2, 0) is 18.4 Å². The van der Waals surface area contributed by atoms with Gasteiger partial charge in [-0.05, 0) is 57.8 Å². The van der Waals surface area contributed by atoms with Gasteiger partial charge in [-0.1, -0.05) is 357 Å². The highest BCUT2D eigenvalue weighted by molar-refractivity contribution is 7.47. The second-order valence-corrected chi connectivity index (χ2v) is 27.7. The lowest BCUT2D eigenvalue weighted by Crippen LogP contribution is -2.45. The van der Waals surface area contributed by atoms with Gasteiger partial charge in [0.25, 0.3) is 0 Å². The topological polar surface area (TPSA) is 105 Å². The minimum atomic E-state index is -4.35. The maximum Gasteiger partial charge on any atom is 0.472 e. The monoisotopic (exact) mass is 1200 g/mol. The Hall–Kier alpha value is -1.80. The van der Waals surface area contributed by atoms with Crippen molar-refractivity contribution in [2.24, 2.45) is 0 Å². The fraction of sp³-hybridized carbons (Fsp3) is 0.853. The van der Waals surface area contributed by atoms with Gasteiger partial charge in [0.1, 0.15) is 13.2 Å². The fourth-order valence-corrected chi connectivity index (χ4v) is 11.8. The Morgan fingerprint density at radius 1 is 0.417 bits per heavy atom. The van der Waals surface area contributed by atoms with E-state index in [-0.39, 0.29) is 19.1 Å². The van der Waals surface area contributed by atoms with E-state index in [2.05, 4.69) is 67.8 Å². The Bertz CT molecular complexity index is 1550. The molecule has 494 valence electrons. The molecular formula is C75H144N2O6P+. The number of rotatable bonds is 68. The summed E-state index contributed by atoms with van der Waals surface area (Å²) in [5.41, 5.74) is 0. The molecule has 0 aliphatic heterocycles. The molecule has 0 bridgehead atoms. The molecule has 0 fully saturated rings. The van der Waals surface area contributed by atoms with Gasteiger partial charge in [0.2, 0.25) is 5.91 Å². The third-order valence-corrected chi connectivity index (χ3v) is 17.7. The van der Waals surface area contributed by atoms with E-state index in [1.807, 2.05) is 27.2 Å². The number of unbranched alkanes of at least 4 members (excludes halogenated alkanes) is 47. The highest BCUT2D eigenvalue weighted by atomic mass is 31.2. The molecule has 0 rings (SSSR count). The van der Waals surface area contributed by atoms with Crippen LogP contribution in [-0.4, -0.2) is 73.4 Å². The van der Waals surface area contributed by atoms with E-state index >= 15 is 0 Å². The predicted octanol–water partition coefficient (Wildman–Crippen LogP) is 23.6. The Balaban J connectivity index is 4.00. The summed E-state index contributed by atoms with van der Waals surface area (Å²) in [7, 11) is 1.59. The lowest BCUT2D eigenvalue weighted by Gasteiger charge is -2.25. The molecule has 0 heterocycles. The number of carbonyl (C=O) groups excluding carboxylic acids is 1. The molecule has 3 atom stereocenters. The van der Waals surface area contributed by atoms with Crippen molar-refractivity contribution in [3.05, 3.63) is 60.8 Å². The number of aliphatic hydroxyl groups excluding tert-OH is 1. The zero-order valence-electron chi connectivity index (χ0n) is 56.7. The van der Waals surface area contributed by atoms with E-state index < -0.39 is 20.0 Å². The van der Waals surface area contributed by atoms with Gasteiger partial charge < -0.3 is 19.8 Å². The molecule has 0 radical (unpaired) electrons. The molecule has 0 aliphatic rings. The largest absolute Gasteiger partial charge is 0.472 e. The lowest BCUT2D eigenvalue weighted by molar-refractivity contribution is -0.870. The summed E-state index contributed by atoms with van der Waals surface area (Å²) in [4.78, 5) is 23.5. The van der Waals surface area contributed by atoms with Gasteiger partial charge in [0.05, 0.1) is 39.9 Å². The van der Waals surface area contributed by atoms with Crippen LogP contribution in [0.15, 0.2) is 60.8 Å². The smallest absolute Gasteiger partial charge is 0.387 e. The molecule has 0 aromatic heterocycles. The zero-order chi connectivity index (χ0) is 61.2. The minimum Gasteiger partial charge on any atom is -0.387 e. The summed E-state index contributed by atoms with van der Waals surface area (Å²) in [6.07, 6.45) is 91.0. The van der Waals surface area contributed by atoms with E-state index in [4.69, 9.17) is 9.05 Å². The summed E-state index contributed by atoms with van der Waals surface area (Å²) in [6, 6.07) is -0.848. The van der Waals surface area contributed by atoms with Crippen LogP contribution in [0.5, 0.6) is 0 Å². The van der Waals surface area contributed by atoms with E-state index in [0.717, 1.165) is 64.2 Å². The SMILES string of the molecule is CC/C=C\C/C=C\C/C=C\C/C=C\CCCCCCCCCCCCCCCCCCCCCCCCC(=O)NC(COP(=O)(O)OCC[N+](C)(C)C)C(O)/C=C/CCCCCCCCCCCCCCCCCCCCCCCCCCC. The van der Waals surface area contributed by atoms with Crippen molar-refractivity contribution < 1.29 is 32.9 Å². The van der Waals surface area contributed by atoms with Crippen LogP contribution in [0.4, 0.5) is 0 Å². The summed E-state index contributed by atoms with van der Waals surface area (Å²) in [5, 5.41) is 14.0. The van der Waals surface area contributed by atoms with Crippen LogP contribution in [0, 0.1) is 0 Å². The summed E-state index contributed by atoms with van der Waals surface area (Å²) in [5.74, 6) is -0.170. The number of amides is 1. The summed E-state index contributed by atoms with van der Waals surface area (Å²) < 4.78 is 23.9. The predicted molar refractivity (Wildman–Crippen MR) is 369 cm³/mol. The number of carbonyl (C=O) groups is 1. The summed E-state index contributed by atoms with van der Waals surface area (Å²) in [6.45, 7) is 4.76. The van der Waals surface area contributed by atoms with Crippen molar-refractivity contribution in [2.75, 3.05) is 40.9 Å². The van der Waals surface area contributed by atoms with Gasteiger partial charge in [0, 0.05) is 6.42 Å². The number of aliphatic hydroxyl groups is 1. The normalized spacial score (nSPS) is 13.9. The second-order valence-electron chi connectivity index (χ2n) is 26.3. The van der Waals surface area contributed by atoms with E-state index in [1.54, 1.807) is 6.08 Å². The van der Waals surface area contributed by atoms with Gasteiger partial charge >= 0.3 is 7.82 Å². The fourth-order valence-electron chi connectivity index (χ4n) is 11.1. The van der Waals surface area contributed by atoms with E-state index in [1.165, 1.54) is 276 Å². The van der Waals surface area contributed by atoms with Crippen molar-refractivity contribution in [2.45, 2.75) is 373 Å². The molecule has 0 aromatic rings. The second kappa shape index (κ2) is 65.6. The quantitative estimate of drug-likeness (QED) is 0.0243. The lowest BCUT2D eigenvalue weighted by atomic mass is 10.0. The van der Waals surface area contributed by atoms with Gasteiger partial charge in [-0.25, -0.2) is 4.57 Å². The van der Waals surface area contributed by atoms with Crippen LogP contribution in [0.1, 0.15) is 361 Å². The van der Waals surface area contributed by atoms with Gasteiger partial charge in [0.15, 0.2) is 0 Å². The highest BCUT2D eigenvalue weighted by Gasteiger charge is 2.28. The van der Waals surface area contributed by atoms with Gasteiger partial charge in [-0.3, -0.25) is 13.8 Å². The third-order valence-electron chi connectivity index (χ3n) is 16.7. The number of allylic oxidation sites excluding steroid dienone is 9. The molecule has 84 heavy (non-hydrogen) atoms. The molecule has 0 aliphatic carbocycles. The molecule has 0 saturated heterocycles. The van der Waals surface area contributed by atoms with E-state index in [0.29, 0.717) is 17.4 Å². The molecule has 3 N–H and O–H groups in total. The number of hydrogen-bond acceptors (Lipinski definition) is 5. The molecule has 0 spiro atoms. The van der Waals surface area contributed by atoms with Gasteiger partial charge in [-0.2, -0.15) is 0 Å². The van der Waals surface area contributed by atoms with E-state index in [9.17, 15) is 19.4 Å². The Morgan fingerprint density at radius 2 is 0.714 bits per heavy atom. The van der Waals surface area contributed by atoms with Crippen LogP contribution < -0.4 is 5.32 Å². The van der Waals surface area contributed by atoms with Crippen LogP contribution >= 0.6 is 7.82 Å². The van der Waals surface area contributed by atoms with Crippen molar-refractivity contribution in [1.82, 2.24) is 5.32 Å². The first-order chi connectivity index (χ1) is 41.0. The molecule has 1 amide bonds. The van der Waals surface area contributed by atoms with Crippen molar-refractivity contribution >= 4 is 13.7 Å². The maximum atomic E-state index is 13.1. The maximum absolute atomic E-state index is 13.1. The highest BCUT2D eigenvalue weighted by Crippen LogP contribution is 2.43. The number of phosphoric ester groups is 1. The average Bonchev–Trinajstić information content (AvgIpc) is 3.56. The molecule has 0 saturated carbocycles. The number of quaternary nitrogens is 1. The number of hydrogen-bond donors (Lipinski definition) is 3. The molecule has 8 nitrogen and oxygen atoms in total. The first-order valence-corrected chi connectivity index (χ1v) is 38.2. The Kier molecular flexibility index (Phi) is 64.2. The third kappa shape index (κ3) is 67.7. The van der Waals surface area contributed by atoms with Crippen molar-refractivity contribution in [3.63, 3.8) is 0 Å². The van der Waals surface area contributed by atoms with Crippen LogP contribution in [0.3, 0.4) is 0 Å². The average molecular weight is 1200 g/mol. The van der Waals surface area contributed by atoms with Crippen molar-refractivity contribution in [1.29, 1.82) is 0 Å². The molecule has 0 aromatic carbocycles. The first-order valence-electron chi connectivity index (χ1n) is 36.7. The number of likely N-dealkylation sites (N-methyl/N-ethyl adjacent to an activating group) is 1.